The number of nitrogens with one attached hydrogen (secondary N) is 1. The van der Waals surface area contributed by atoms with E-state index < -0.39 is 0 Å². The van der Waals surface area contributed by atoms with Crippen LogP contribution in [-0.2, 0) is 19.3 Å². The molecule has 1 aliphatic rings. The number of rotatable bonds is 7. The van der Waals surface area contributed by atoms with Crippen molar-refractivity contribution in [2.75, 3.05) is 11.9 Å². The molecule has 0 aliphatic heterocycles. The molecule has 1 aromatic carbocycles. The van der Waals surface area contributed by atoms with Crippen LogP contribution in [-0.4, -0.2) is 22.6 Å². The van der Waals surface area contributed by atoms with Gasteiger partial charge in [-0.05, 0) is 56.7 Å². The summed E-state index contributed by atoms with van der Waals surface area (Å²) >= 11 is 0. The Labute approximate surface area is 144 Å². The molecule has 0 fully saturated rings. The fraction of sp³-hybridized carbons (Fsp3) is 0.500. The van der Waals surface area contributed by atoms with Crippen molar-refractivity contribution < 1.29 is 4.74 Å². The second kappa shape index (κ2) is 7.65. The first-order valence-corrected chi connectivity index (χ1v) is 8.99. The van der Waals surface area contributed by atoms with Gasteiger partial charge < -0.3 is 10.1 Å². The van der Waals surface area contributed by atoms with Crippen LogP contribution in [0.25, 0.3) is 0 Å². The van der Waals surface area contributed by atoms with Crippen molar-refractivity contribution >= 4 is 5.82 Å². The molecular formula is C20H27N3O. The van der Waals surface area contributed by atoms with Crippen molar-refractivity contribution in [3.63, 3.8) is 0 Å². The molecular weight excluding hydrogens is 298 g/mol. The number of benzene rings is 1. The number of fused-ring (bicyclic) bond motifs is 1. The van der Waals surface area contributed by atoms with Gasteiger partial charge in [-0.25, -0.2) is 9.97 Å². The van der Waals surface area contributed by atoms with Crippen molar-refractivity contribution in [2.45, 2.75) is 58.9 Å². The molecule has 0 bridgehead atoms. The summed E-state index contributed by atoms with van der Waals surface area (Å²) in [5, 5.41) is 3.49. The normalized spacial score (nSPS) is 14.3. The van der Waals surface area contributed by atoms with Crippen molar-refractivity contribution in [1.29, 1.82) is 0 Å². The van der Waals surface area contributed by atoms with Crippen LogP contribution >= 0.6 is 0 Å². The maximum absolute atomic E-state index is 6.02. The standard InChI is InChI=1S/C20H27N3O/c1-4-6-16-9-10-19(14(2)11-16)24-12-15(3)23-20-17-7-5-8-18(17)21-13-22-20/h9-11,13,15H,4-8,12H2,1-3H3,(H,21,22,23). The van der Waals surface area contributed by atoms with E-state index in [0.717, 1.165) is 30.8 Å². The average Bonchev–Trinajstić information content (AvgIpc) is 3.04. The van der Waals surface area contributed by atoms with Crippen LogP contribution in [0.5, 0.6) is 5.75 Å². The highest BCUT2D eigenvalue weighted by Gasteiger charge is 2.18. The van der Waals surface area contributed by atoms with Crippen molar-refractivity contribution in [3.8, 4) is 5.75 Å². The molecule has 1 unspecified atom stereocenters. The molecule has 4 nitrogen and oxygen atoms in total. The molecule has 2 aromatic rings. The van der Waals surface area contributed by atoms with E-state index in [1.807, 2.05) is 0 Å². The van der Waals surface area contributed by atoms with Crippen LogP contribution in [0.4, 0.5) is 5.82 Å². The lowest BCUT2D eigenvalue weighted by Crippen LogP contribution is -2.25. The fourth-order valence-corrected chi connectivity index (χ4v) is 3.29. The molecule has 0 amide bonds. The molecule has 0 radical (unpaired) electrons. The Hall–Kier alpha value is -2.10. The maximum atomic E-state index is 6.02. The van der Waals surface area contributed by atoms with E-state index in [0.29, 0.717) is 6.61 Å². The second-order valence-corrected chi connectivity index (χ2v) is 6.71. The lowest BCUT2D eigenvalue weighted by atomic mass is 10.1. The number of ether oxygens (including phenoxy) is 1. The van der Waals surface area contributed by atoms with Crippen LogP contribution in [0.2, 0.25) is 0 Å². The summed E-state index contributed by atoms with van der Waals surface area (Å²) in [6.45, 7) is 7.07. The van der Waals surface area contributed by atoms with E-state index >= 15 is 0 Å². The van der Waals surface area contributed by atoms with Crippen LogP contribution < -0.4 is 10.1 Å². The van der Waals surface area contributed by atoms with E-state index in [4.69, 9.17) is 4.74 Å². The van der Waals surface area contributed by atoms with Crippen molar-refractivity contribution in [2.24, 2.45) is 0 Å². The Morgan fingerprint density at radius 2 is 2.12 bits per heavy atom. The highest BCUT2D eigenvalue weighted by molar-refractivity contribution is 5.48. The zero-order valence-corrected chi connectivity index (χ0v) is 14.9. The molecule has 0 spiro atoms. The van der Waals surface area contributed by atoms with Crippen LogP contribution in [0.3, 0.4) is 0 Å². The Bertz CT molecular complexity index is 699. The lowest BCUT2D eigenvalue weighted by molar-refractivity contribution is 0.301. The SMILES string of the molecule is CCCc1ccc(OCC(C)Nc2ncnc3c2CCC3)c(C)c1. The minimum atomic E-state index is 0.194. The van der Waals surface area contributed by atoms with E-state index in [-0.39, 0.29) is 6.04 Å². The third kappa shape index (κ3) is 3.86. The Balaban J connectivity index is 1.58. The van der Waals surface area contributed by atoms with Gasteiger partial charge >= 0.3 is 0 Å². The zero-order valence-electron chi connectivity index (χ0n) is 14.9. The highest BCUT2D eigenvalue weighted by atomic mass is 16.5. The minimum Gasteiger partial charge on any atom is -0.491 e. The first-order valence-electron chi connectivity index (χ1n) is 8.99. The Kier molecular flexibility index (Phi) is 5.34. The summed E-state index contributed by atoms with van der Waals surface area (Å²) in [6, 6.07) is 6.68. The smallest absolute Gasteiger partial charge is 0.133 e. The molecule has 1 atom stereocenters. The molecule has 4 heteroatoms. The van der Waals surface area contributed by atoms with Crippen LogP contribution in [0.15, 0.2) is 24.5 Å². The number of hydrogen-bond acceptors (Lipinski definition) is 4. The van der Waals surface area contributed by atoms with Gasteiger partial charge in [0.2, 0.25) is 0 Å². The predicted molar refractivity (Wildman–Crippen MR) is 97.8 cm³/mol. The number of hydrogen-bond donors (Lipinski definition) is 1. The third-order valence-corrected chi connectivity index (χ3v) is 4.52. The third-order valence-electron chi connectivity index (χ3n) is 4.52. The van der Waals surface area contributed by atoms with E-state index in [2.05, 4.69) is 54.3 Å². The van der Waals surface area contributed by atoms with Crippen molar-refractivity contribution in [3.05, 3.63) is 46.9 Å². The predicted octanol–water partition coefficient (Wildman–Crippen LogP) is 4.11. The van der Waals surface area contributed by atoms with E-state index in [9.17, 15) is 0 Å². The molecule has 1 heterocycles. The summed E-state index contributed by atoms with van der Waals surface area (Å²) < 4.78 is 6.02. The first-order chi connectivity index (χ1) is 11.7. The Morgan fingerprint density at radius 1 is 1.25 bits per heavy atom. The van der Waals surface area contributed by atoms with Gasteiger partial charge in [-0.3, -0.25) is 0 Å². The summed E-state index contributed by atoms with van der Waals surface area (Å²) in [7, 11) is 0. The zero-order chi connectivity index (χ0) is 16.9. The molecule has 0 saturated heterocycles. The molecule has 24 heavy (non-hydrogen) atoms. The molecule has 1 aromatic heterocycles. The average molecular weight is 325 g/mol. The first kappa shape index (κ1) is 16.7. The van der Waals surface area contributed by atoms with Gasteiger partial charge in [-0.2, -0.15) is 0 Å². The van der Waals surface area contributed by atoms with E-state index in [1.54, 1.807) is 6.33 Å². The van der Waals surface area contributed by atoms with Gasteiger partial charge in [-0.1, -0.05) is 25.5 Å². The summed E-state index contributed by atoms with van der Waals surface area (Å²) in [5.41, 5.74) is 5.06. The number of aryl methyl sites for hydroxylation is 3. The van der Waals surface area contributed by atoms with Gasteiger partial charge in [0.15, 0.2) is 0 Å². The van der Waals surface area contributed by atoms with E-state index in [1.165, 1.54) is 35.2 Å². The minimum absolute atomic E-state index is 0.194. The summed E-state index contributed by atoms with van der Waals surface area (Å²) in [6.07, 6.45) is 7.28. The molecule has 1 aliphatic carbocycles. The van der Waals surface area contributed by atoms with Crippen LogP contribution in [0.1, 0.15) is 49.1 Å². The van der Waals surface area contributed by atoms with Gasteiger partial charge in [0.1, 0.15) is 24.5 Å². The fourth-order valence-electron chi connectivity index (χ4n) is 3.29. The molecule has 1 N–H and O–H groups in total. The van der Waals surface area contributed by atoms with Gasteiger partial charge in [0.25, 0.3) is 0 Å². The van der Waals surface area contributed by atoms with Crippen LogP contribution in [0, 0.1) is 6.92 Å². The highest BCUT2D eigenvalue weighted by Crippen LogP contribution is 2.26. The summed E-state index contributed by atoms with van der Waals surface area (Å²) in [5.74, 6) is 1.94. The Morgan fingerprint density at radius 3 is 2.92 bits per heavy atom. The number of anilines is 1. The summed E-state index contributed by atoms with van der Waals surface area (Å²) in [4.78, 5) is 8.79. The number of nitrogens with zero attached hydrogens (tertiary/aromatic N) is 2. The largest absolute Gasteiger partial charge is 0.491 e. The number of aromatic nitrogens is 2. The van der Waals surface area contributed by atoms with Crippen molar-refractivity contribution in [1.82, 2.24) is 9.97 Å². The lowest BCUT2D eigenvalue weighted by Gasteiger charge is -2.18. The van der Waals surface area contributed by atoms with Gasteiger partial charge in [0.05, 0.1) is 6.04 Å². The quantitative estimate of drug-likeness (QED) is 0.832. The van der Waals surface area contributed by atoms with Gasteiger partial charge in [0, 0.05) is 11.3 Å². The molecule has 128 valence electrons. The topological polar surface area (TPSA) is 47.0 Å². The second-order valence-electron chi connectivity index (χ2n) is 6.71. The maximum Gasteiger partial charge on any atom is 0.133 e. The molecule has 3 rings (SSSR count). The molecule has 0 saturated carbocycles. The monoisotopic (exact) mass is 325 g/mol. The van der Waals surface area contributed by atoms with Gasteiger partial charge in [-0.15, -0.1) is 0 Å².